The number of fused-ring (bicyclic) bond motifs is 1. The minimum absolute atomic E-state index is 0.179. The van der Waals surface area contributed by atoms with Gasteiger partial charge in [-0.05, 0) is 45.9 Å². The minimum atomic E-state index is -0.179. The Morgan fingerprint density at radius 3 is 2.54 bits per heavy atom. The van der Waals surface area contributed by atoms with Gasteiger partial charge in [-0.15, -0.1) is 11.3 Å². The lowest BCUT2D eigenvalue weighted by atomic mass is 10.1. The molecule has 0 radical (unpaired) electrons. The van der Waals surface area contributed by atoms with Crippen LogP contribution in [0.2, 0.25) is 0 Å². The highest BCUT2D eigenvalue weighted by Gasteiger charge is 2.15. The van der Waals surface area contributed by atoms with Gasteiger partial charge in [0, 0.05) is 28.1 Å². The minimum Gasteiger partial charge on any atom is -0.322 e. The van der Waals surface area contributed by atoms with E-state index in [1.165, 1.54) is 0 Å². The Labute approximate surface area is 167 Å². The Kier molecular flexibility index (Phi) is 4.68. The zero-order valence-electron chi connectivity index (χ0n) is 16.2. The van der Waals surface area contributed by atoms with Crippen LogP contribution in [0.1, 0.15) is 40.9 Å². The SMILES string of the molecule is Cc1nc(-c2ccc(NC(=O)c3cc4cnn(C(C)C)c4nc3C)cc2)cs1. The van der Waals surface area contributed by atoms with Gasteiger partial charge in [0.25, 0.3) is 5.91 Å². The molecule has 7 heteroatoms. The van der Waals surface area contributed by atoms with E-state index in [0.717, 1.165) is 33.0 Å². The van der Waals surface area contributed by atoms with Gasteiger partial charge in [-0.1, -0.05) is 12.1 Å². The van der Waals surface area contributed by atoms with Gasteiger partial charge < -0.3 is 5.32 Å². The molecule has 0 atom stereocenters. The number of amides is 1. The number of nitrogens with zero attached hydrogens (tertiary/aromatic N) is 4. The normalized spacial score (nSPS) is 11.3. The molecule has 0 saturated heterocycles. The molecule has 0 spiro atoms. The van der Waals surface area contributed by atoms with E-state index in [9.17, 15) is 4.79 Å². The van der Waals surface area contributed by atoms with E-state index in [2.05, 4.69) is 34.2 Å². The maximum atomic E-state index is 12.8. The number of thiazole rings is 1. The number of aromatic nitrogens is 4. The van der Waals surface area contributed by atoms with E-state index < -0.39 is 0 Å². The molecule has 0 aliphatic carbocycles. The topological polar surface area (TPSA) is 72.7 Å². The number of benzene rings is 1. The van der Waals surface area contributed by atoms with Crippen LogP contribution in [0.15, 0.2) is 41.9 Å². The Balaban J connectivity index is 1.57. The van der Waals surface area contributed by atoms with Crippen LogP contribution in [-0.4, -0.2) is 25.7 Å². The molecule has 4 rings (SSSR count). The van der Waals surface area contributed by atoms with Crippen molar-refractivity contribution in [2.75, 3.05) is 5.32 Å². The van der Waals surface area contributed by atoms with Crippen LogP contribution in [-0.2, 0) is 0 Å². The lowest BCUT2D eigenvalue weighted by molar-refractivity contribution is 0.102. The summed E-state index contributed by atoms with van der Waals surface area (Å²) in [6, 6.07) is 9.77. The molecule has 1 amide bonds. The van der Waals surface area contributed by atoms with Crippen LogP contribution in [0.5, 0.6) is 0 Å². The van der Waals surface area contributed by atoms with Gasteiger partial charge in [-0.3, -0.25) is 4.79 Å². The lowest BCUT2D eigenvalue weighted by Crippen LogP contribution is -2.14. The zero-order chi connectivity index (χ0) is 19.8. The maximum absolute atomic E-state index is 12.8. The summed E-state index contributed by atoms with van der Waals surface area (Å²) in [5.74, 6) is -0.179. The number of nitrogens with one attached hydrogen (secondary N) is 1. The Morgan fingerprint density at radius 2 is 1.89 bits per heavy atom. The molecule has 1 aromatic carbocycles. The first-order valence-electron chi connectivity index (χ1n) is 9.11. The van der Waals surface area contributed by atoms with Gasteiger partial charge in [0.1, 0.15) is 0 Å². The van der Waals surface area contributed by atoms with Crippen molar-refractivity contribution in [3.05, 3.63) is 58.2 Å². The number of anilines is 1. The molecule has 28 heavy (non-hydrogen) atoms. The van der Waals surface area contributed by atoms with Crippen molar-refractivity contribution in [2.24, 2.45) is 0 Å². The van der Waals surface area contributed by atoms with Crippen molar-refractivity contribution in [3.63, 3.8) is 0 Å². The second-order valence-electron chi connectivity index (χ2n) is 7.00. The molecular weight excluding hydrogens is 370 g/mol. The second-order valence-corrected chi connectivity index (χ2v) is 8.06. The summed E-state index contributed by atoms with van der Waals surface area (Å²) in [7, 11) is 0. The number of carbonyl (C=O) groups excluding carboxylic acids is 1. The number of carbonyl (C=O) groups is 1. The predicted octanol–water partition coefficient (Wildman–Crippen LogP) is 5.00. The van der Waals surface area contributed by atoms with Crippen LogP contribution in [0.4, 0.5) is 5.69 Å². The van der Waals surface area contributed by atoms with Gasteiger partial charge in [-0.25, -0.2) is 14.6 Å². The molecule has 0 fully saturated rings. The van der Waals surface area contributed by atoms with Crippen molar-refractivity contribution < 1.29 is 4.79 Å². The molecule has 4 aromatic rings. The average Bonchev–Trinajstić information content (AvgIpc) is 3.27. The average molecular weight is 392 g/mol. The summed E-state index contributed by atoms with van der Waals surface area (Å²) in [5.41, 5.74) is 4.75. The number of rotatable bonds is 4. The number of aryl methyl sites for hydroxylation is 2. The first-order valence-corrected chi connectivity index (χ1v) is 9.99. The highest BCUT2D eigenvalue weighted by atomic mass is 32.1. The number of hydrogen-bond acceptors (Lipinski definition) is 5. The summed E-state index contributed by atoms with van der Waals surface area (Å²) in [4.78, 5) is 21.9. The summed E-state index contributed by atoms with van der Waals surface area (Å²) < 4.78 is 1.86. The Bertz CT molecular complexity index is 1160. The third-order valence-electron chi connectivity index (χ3n) is 4.55. The van der Waals surface area contributed by atoms with Gasteiger partial charge in [0.2, 0.25) is 0 Å². The molecule has 0 unspecified atom stereocenters. The van der Waals surface area contributed by atoms with Crippen molar-refractivity contribution in [1.29, 1.82) is 0 Å². The fraction of sp³-hybridized carbons (Fsp3) is 0.238. The van der Waals surface area contributed by atoms with Crippen LogP contribution in [0, 0.1) is 13.8 Å². The van der Waals surface area contributed by atoms with E-state index >= 15 is 0 Å². The van der Waals surface area contributed by atoms with E-state index in [0.29, 0.717) is 11.3 Å². The largest absolute Gasteiger partial charge is 0.322 e. The molecule has 1 N–H and O–H groups in total. The van der Waals surface area contributed by atoms with Crippen LogP contribution in [0.3, 0.4) is 0 Å². The number of pyridine rings is 1. The highest BCUT2D eigenvalue weighted by molar-refractivity contribution is 7.09. The molecule has 0 saturated carbocycles. The van der Waals surface area contributed by atoms with Crippen molar-refractivity contribution in [1.82, 2.24) is 19.7 Å². The first-order chi connectivity index (χ1) is 13.4. The fourth-order valence-electron chi connectivity index (χ4n) is 3.09. The first kappa shape index (κ1) is 18.3. The van der Waals surface area contributed by atoms with Gasteiger partial charge in [0.05, 0.1) is 28.2 Å². The Morgan fingerprint density at radius 1 is 1.14 bits per heavy atom. The van der Waals surface area contributed by atoms with Crippen LogP contribution >= 0.6 is 11.3 Å². The molecule has 3 heterocycles. The summed E-state index contributed by atoms with van der Waals surface area (Å²) in [6.45, 7) is 7.95. The smallest absolute Gasteiger partial charge is 0.257 e. The van der Waals surface area contributed by atoms with Crippen molar-refractivity contribution in [2.45, 2.75) is 33.7 Å². The highest BCUT2D eigenvalue weighted by Crippen LogP contribution is 2.24. The molecule has 6 nitrogen and oxygen atoms in total. The van der Waals surface area contributed by atoms with Gasteiger partial charge >= 0.3 is 0 Å². The summed E-state index contributed by atoms with van der Waals surface area (Å²) in [6.07, 6.45) is 1.75. The second kappa shape index (κ2) is 7.16. The maximum Gasteiger partial charge on any atom is 0.257 e. The summed E-state index contributed by atoms with van der Waals surface area (Å²) in [5, 5.41) is 11.3. The zero-order valence-corrected chi connectivity index (χ0v) is 17.0. The predicted molar refractivity (Wildman–Crippen MR) is 113 cm³/mol. The third-order valence-corrected chi connectivity index (χ3v) is 5.32. The molecule has 0 aliphatic rings. The van der Waals surface area contributed by atoms with Gasteiger partial charge in [0.15, 0.2) is 5.65 Å². The number of hydrogen-bond donors (Lipinski definition) is 1. The van der Waals surface area contributed by atoms with Crippen molar-refractivity contribution in [3.8, 4) is 11.3 Å². The fourth-order valence-corrected chi connectivity index (χ4v) is 3.71. The molecular formula is C21H21N5OS. The Hall–Kier alpha value is -3.06. The third kappa shape index (κ3) is 3.41. The summed E-state index contributed by atoms with van der Waals surface area (Å²) >= 11 is 1.62. The quantitative estimate of drug-likeness (QED) is 0.531. The lowest BCUT2D eigenvalue weighted by Gasteiger charge is -2.10. The van der Waals surface area contributed by atoms with E-state index in [-0.39, 0.29) is 11.9 Å². The monoisotopic (exact) mass is 391 g/mol. The molecule has 3 aromatic heterocycles. The van der Waals surface area contributed by atoms with Gasteiger partial charge in [-0.2, -0.15) is 5.10 Å². The molecule has 0 aliphatic heterocycles. The molecule has 142 valence electrons. The van der Waals surface area contributed by atoms with Crippen LogP contribution in [0.25, 0.3) is 22.3 Å². The van der Waals surface area contributed by atoms with E-state index in [1.54, 1.807) is 17.5 Å². The van der Waals surface area contributed by atoms with Crippen molar-refractivity contribution >= 4 is 34.0 Å². The van der Waals surface area contributed by atoms with E-state index in [4.69, 9.17) is 0 Å². The van der Waals surface area contributed by atoms with Crippen LogP contribution < -0.4 is 5.32 Å². The van der Waals surface area contributed by atoms with E-state index in [1.807, 2.05) is 54.2 Å². The molecule has 0 bridgehead atoms. The standard InChI is InChI=1S/C21H21N5OS/c1-12(2)26-20-16(10-22-26)9-18(13(3)23-20)21(27)25-17-7-5-15(6-8-17)19-11-28-14(4)24-19/h5-12H,1-4H3,(H,25,27).